The molecule has 0 aromatic carbocycles. The normalized spacial score (nSPS) is 9.20. The van der Waals surface area contributed by atoms with Crippen molar-refractivity contribution < 1.29 is 19.3 Å². The molecule has 10 heavy (non-hydrogen) atoms. The average molecular weight is 147 g/mol. The largest absolute Gasteiger partial charge is 0.453 e. The zero-order valence-electron chi connectivity index (χ0n) is 4.60. The topological polar surface area (TPSA) is 127 Å². The van der Waals surface area contributed by atoms with Gasteiger partial charge in [0.2, 0.25) is 0 Å². The minimum Gasteiger partial charge on any atom is -0.333 e. The summed E-state index contributed by atoms with van der Waals surface area (Å²) in [5.41, 5.74) is 10.5. The van der Waals surface area contributed by atoms with Crippen LogP contribution in [0.3, 0.4) is 0 Å². The molecule has 55 valence electrons. The van der Waals surface area contributed by atoms with E-state index in [2.05, 4.69) is 26.0 Å². The van der Waals surface area contributed by atoms with Gasteiger partial charge in [0.25, 0.3) is 0 Å². The van der Waals surface area contributed by atoms with Crippen LogP contribution >= 0.6 is 0 Å². The number of hydrogen-bond donors (Lipinski definition) is 1. The molecule has 0 aromatic heterocycles. The number of nitrogens with two attached hydrogens (primary N) is 1. The minimum atomic E-state index is -1.42. The number of nitrogens with zero attached hydrogens (tertiary/aromatic N) is 2. The van der Waals surface area contributed by atoms with Gasteiger partial charge in [0.15, 0.2) is 0 Å². The lowest BCUT2D eigenvalue weighted by Gasteiger charge is -1.85. The Morgan fingerprint density at radius 3 is 2.20 bits per heavy atom. The van der Waals surface area contributed by atoms with Crippen molar-refractivity contribution in [1.29, 1.82) is 0 Å². The van der Waals surface area contributed by atoms with E-state index >= 15 is 0 Å². The third-order valence-electron chi connectivity index (χ3n) is 0.288. The second-order valence-electron chi connectivity index (χ2n) is 0.952. The summed E-state index contributed by atoms with van der Waals surface area (Å²) in [6, 6.07) is 0. The SMILES string of the molecule is [NH]C(=O)ON=NOC(N)=O. The van der Waals surface area contributed by atoms with E-state index in [4.69, 9.17) is 5.73 Å². The number of nitrogens with one attached hydrogen (secondary N) is 1. The monoisotopic (exact) mass is 147 g/mol. The molecule has 0 atom stereocenters. The fraction of sp³-hybridized carbons (Fsp3) is 0. The maximum absolute atomic E-state index is 9.70. The van der Waals surface area contributed by atoms with Crippen molar-refractivity contribution in [2.45, 2.75) is 0 Å². The first kappa shape index (κ1) is 8.14. The molecule has 0 saturated heterocycles. The number of carbonyl (C=O) groups excluding carboxylic acids is 2. The molecule has 0 aliphatic heterocycles. The van der Waals surface area contributed by atoms with Gasteiger partial charge in [-0.05, 0) is 0 Å². The first-order valence-corrected chi connectivity index (χ1v) is 1.92. The molecule has 0 aliphatic carbocycles. The average Bonchev–Trinajstić information content (AvgIpc) is 1.79. The van der Waals surface area contributed by atoms with Gasteiger partial charge < -0.3 is 5.73 Å². The Bertz CT molecular complexity index is 147. The van der Waals surface area contributed by atoms with Crippen molar-refractivity contribution in [2.75, 3.05) is 0 Å². The summed E-state index contributed by atoms with van der Waals surface area (Å²) in [4.78, 5) is 26.5. The van der Waals surface area contributed by atoms with Crippen LogP contribution in [0.1, 0.15) is 0 Å². The molecular formula is C2H3N4O4. The zero-order valence-corrected chi connectivity index (χ0v) is 4.60. The Balaban J connectivity index is 3.38. The van der Waals surface area contributed by atoms with E-state index in [1.54, 1.807) is 0 Å². The number of primary amides is 1. The lowest BCUT2D eigenvalue weighted by atomic mass is 11.3. The lowest BCUT2D eigenvalue weighted by molar-refractivity contribution is 0.0993. The first-order valence-electron chi connectivity index (χ1n) is 1.92. The van der Waals surface area contributed by atoms with Crippen LogP contribution in [0.2, 0.25) is 0 Å². The van der Waals surface area contributed by atoms with Crippen LogP contribution < -0.4 is 11.5 Å². The second kappa shape index (κ2) is 4.06. The number of amides is 2. The molecule has 0 fully saturated rings. The van der Waals surface area contributed by atoms with Crippen LogP contribution in [0.15, 0.2) is 10.6 Å². The van der Waals surface area contributed by atoms with Crippen molar-refractivity contribution in [3.05, 3.63) is 0 Å². The van der Waals surface area contributed by atoms with E-state index in [0.29, 0.717) is 0 Å². The van der Waals surface area contributed by atoms with Crippen molar-refractivity contribution in [3.8, 4) is 0 Å². The predicted octanol–water partition coefficient (Wildman–Crippen LogP) is -0.217. The van der Waals surface area contributed by atoms with Crippen molar-refractivity contribution in [3.63, 3.8) is 0 Å². The second-order valence-corrected chi connectivity index (χ2v) is 0.952. The summed E-state index contributed by atoms with van der Waals surface area (Å²) in [7, 11) is 0. The lowest BCUT2D eigenvalue weighted by Crippen LogP contribution is -2.08. The van der Waals surface area contributed by atoms with Crippen LogP contribution in [-0.4, -0.2) is 12.2 Å². The van der Waals surface area contributed by atoms with E-state index in [9.17, 15) is 9.59 Å². The Kier molecular flexibility index (Phi) is 3.31. The van der Waals surface area contributed by atoms with Gasteiger partial charge in [-0.3, -0.25) is 9.68 Å². The molecule has 0 aromatic rings. The van der Waals surface area contributed by atoms with Gasteiger partial charge in [0.1, 0.15) is 0 Å². The summed E-state index contributed by atoms with van der Waals surface area (Å²) in [6.45, 7) is 0. The van der Waals surface area contributed by atoms with Crippen LogP contribution in [0.5, 0.6) is 0 Å². The molecule has 0 spiro atoms. The quantitative estimate of drug-likeness (QED) is 0.427. The van der Waals surface area contributed by atoms with Gasteiger partial charge in [-0.1, -0.05) is 0 Å². The smallest absolute Gasteiger partial charge is 0.333 e. The van der Waals surface area contributed by atoms with Gasteiger partial charge in [-0.2, -0.15) is 0 Å². The molecule has 0 bridgehead atoms. The van der Waals surface area contributed by atoms with E-state index in [1.165, 1.54) is 0 Å². The summed E-state index contributed by atoms with van der Waals surface area (Å²) in [5, 5.41) is 4.97. The molecule has 0 saturated carbocycles. The van der Waals surface area contributed by atoms with Crippen LogP contribution in [0.4, 0.5) is 9.59 Å². The van der Waals surface area contributed by atoms with Gasteiger partial charge in [0.05, 0.1) is 10.6 Å². The molecule has 2 amide bonds. The van der Waals surface area contributed by atoms with Crippen molar-refractivity contribution in [2.24, 2.45) is 16.3 Å². The summed E-state index contributed by atoms with van der Waals surface area (Å²) in [5.74, 6) is 0. The van der Waals surface area contributed by atoms with Crippen molar-refractivity contribution in [1.82, 2.24) is 5.73 Å². The zero-order chi connectivity index (χ0) is 7.98. The highest BCUT2D eigenvalue weighted by Gasteiger charge is 1.91. The third kappa shape index (κ3) is 6.14. The Labute approximate surface area is 54.7 Å². The molecule has 0 rings (SSSR count). The van der Waals surface area contributed by atoms with Gasteiger partial charge >= 0.3 is 12.2 Å². The van der Waals surface area contributed by atoms with Gasteiger partial charge in [0, 0.05) is 0 Å². The van der Waals surface area contributed by atoms with E-state index in [-0.39, 0.29) is 0 Å². The number of rotatable bonds is 2. The highest BCUT2D eigenvalue weighted by molar-refractivity contribution is 5.64. The first-order chi connectivity index (χ1) is 4.63. The van der Waals surface area contributed by atoms with E-state index in [0.717, 1.165) is 0 Å². The fourth-order valence-electron chi connectivity index (χ4n) is 0.111. The summed E-state index contributed by atoms with van der Waals surface area (Å²) in [6.07, 6.45) is -2.61. The molecule has 1 radical (unpaired) electrons. The number of hydrogen-bond acceptors (Lipinski definition) is 6. The summed E-state index contributed by atoms with van der Waals surface area (Å²) < 4.78 is 0. The Morgan fingerprint density at radius 2 is 1.80 bits per heavy atom. The van der Waals surface area contributed by atoms with Crippen LogP contribution in [0.25, 0.3) is 0 Å². The predicted molar refractivity (Wildman–Crippen MR) is 25.1 cm³/mol. The molecular weight excluding hydrogens is 144 g/mol. The minimum absolute atomic E-state index is 1.19. The van der Waals surface area contributed by atoms with E-state index in [1.807, 2.05) is 0 Å². The van der Waals surface area contributed by atoms with E-state index < -0.39 is 12.2 Å². The van der Waals surface area contributed by atoms with Gasteiger partial charge in [-0.15, -0.1) is 0 Å². The highest BCUT2D eigenvalue weighted by Crippen LogP contribution is 1.81. The fourth-order valence-corrected chi connectivity index (χ4v) is 0.111. The standard InChI is InChI=1S/C2H3N4O4/c3-1(7)9-5-6-10-2(4)8/h3H,(H2,4,8). The Morgan fingerprint density at radius 1 is 1.30 bits per heavy atom. The molecule has 3 N–H and O–H groups in total. The van der Waals surface area contributed by atoms with Crippen LogP contribution in [-0.2, 0) is 9.68 Å². The molecule has 0 unspecified atom stereocenters. The van der Waals surface area contributed by atoms with Crippen molar-refractivity contribution >= 4 is 12.2 Å². The molecule has 8 nitrogen and oxygen atoms in total. The molecule has 0 aliphatic rings. The molecule has 0 heterocycles. The summed E-state index contributed by atoms with van der Waals surface area (Å²) >= 11 is 0. The maximum atomic E-state index is 9.70. The van der Waals surface area contributed by atoms with Gasteiger partial charge in [-0.25, -0.2) is 15.3 Å². The highest BCUT2D eigenvalue weighted by atomic mass is 16.8. The Hall–Kier alpha value is -1.86. The maximum Gasteiger partial charge on any atom is 0.453 e. The molecule has 8 heteroatoms. The van der Waals surface area contributed by atoms with Crippen LogP contribution in [0, 0.1) is 0 Å². The number of carbonyl (C=O) groups is 2. The third-order valence-corrected chi connectivity index (χ3v) is 0.288.